The first kappa shape index (κ1) is 37.7. The molecule has 0 fully saturated rings. The molecule has 0 N–H and O–H groups in total. The maximum atomic E-state index is 7.02. The number of amidine groups is 1. The molecule has 10 aromatic carbocycles. The Kier molecular flexibility index (Phi) is 8.29. The van der Waals surface area contributed by atoms with Crippen LogP contribution in [-0.4, -0.2) is 16.1 Å². The van der Waals surface area contributed by atoms with Crippen LogP contribution >= 0.6 is 0 Å². The topological polar surface area (TPSA) is 42.8 Å². The largest absolute Gasteiger partial charge is 0.456 e. The molecule has 0 saturated carbocycles. The van der Waals surface area contributed by atoms with Gasteiger partial charge in [0.1, 0.15) is 11.2 Å². The number of hydrogen-bond donors (Lipinski definition) is 0. The van der Waals surface area contributed by atoms with Crippen molar-refractivity contribution in [3.63, 3.8) is 0 Å². The molecule has 14 rings (SSSR count). The molecule has 0 saturated heterocycles. The van der Waals surface area contributed by atoms with E-state index >= 15 is 0 Å². The smallest absolute Gasteiger partial charge is 0.160 e. The van der Waals surface area contributed by atoms with E-state index in [0.717, 1.165) is 84.1 Å². The van der Waals surface area contributed by atoms with Crippen LogP contribution in [-0.2, 0) is 6.42 Å². The van der Waals surface area contributed by atoms with E-state index < -0.39 is 0 Å². The zero-order valence-corrected chi connectivity index (χ0v) is 36.8. The highest BCUT2D eigenvalue weighted by molar-refractivity contribution is 6.22. The molecule has 0 atom stereocenters. The van der Waals surface area contributed by atoms with E-state index in [2.05, 4.69) is 218 Å². The van der Waals surface area contributed by atoms with Gasteiger partial charge in [-0.15, -0.1) is 0 Å². The second kappa shape index (κ2) is 14.7. The highest BCUT2D eigenvalue weighted by Gasteiger charge is 2.27. The lowest BCUT2D eigenvalue weighted by Crippen LogP contribution is -2.08. The Morgan fingerprint density at radius 1 is 0.433 bits per heavy atom. The highest BCUT2D eigenvalue weighted by atomic mass is 16.3. The summed E-state index contributed by atoms with van der Waals surface area (Å²) in [5.74, 6) is 0.711. The fourth-order valence-electron chi connectivity index (χ4n) is 11.0. The number of fused-ring (bicyclic) bond motifs is 11. The van der Waals surface area contributed by atoms with Crippen molar-refractivity contribution in [2.45, 2.75) is 19.8 Å². The zero-order chi connectivity index (χ0) is 44.2. The van der Waals surface area contributed by atoms with Gasteiger partial charge in [-0.3, -0.25) is 0 Å². The van der Waals surface area contributed by atoms with Gasteiger partial charge < -0.3 is 8.98 Å². The predicted octanol–water partition coefficient (Wildman–Crippen LogP) is 16.3. The molecule has 1 aliphatic carbocycles. The number of aliphatic imine (C=N–C) groups is 2. The van der Waals surface area contributed by atoms with Gasteiger partial charge in [0.05, 0.1) is 33.5 Å². The van der Waals surface area contributed by atoms with Gasteiger partial charge in [0, 0.05) is 39.3 Å². The number of nitrogens with zero attached hydrogens (tertiary/aromatic N) is 3. The first-order chi connectivity index (χ1) is 33.1. The lowest BCUT2D eigenvalue weighted by Gasteiger charge is -2.14. The third-order valence-electron chi connectivity index (χ3n) is 14.2. The van der Waals surface area contributed by atoms with Crippen molar-refractivity contribution in [3.8, 4) is 27.9 Å². The van der Waals surface area contributed by atoms with Gasteiger partial charge in [-0.1, -0.05) is 164 Å². The Morgan fingerprint density at radius 2 is 1.07 bits per heavy atom. The Bertz CT molecular complexity index is 4140. The standard InChI is InChI=1S/C63H41N3O/c1-38-30-54(64-63(51-24-13-21-47-31-46-20-9-10-22-49(46)60(47)51)65-62(38)41-28-26-40(27-29-41)39-14-3-2-4-15-39)48-35-57(61-53-33-43-17-6-8-19-45(43)36-58(53)67-59(61)37-48)66-55-25-12-11-23-50(55)52-32-42-16-5-7-18-44(42)34-56(52)66/h2-29,32-37H,30-31H2,1H3. The average molecular weight is 856 g/mol. The fourth-order valence-corrected chi connectivity index (χ4v) is 11.0. The van der Waals surface area contributed by atoms with E-state index in [1.807, 2.05) is 0 Å². The molecule has 4 heteroatoms. The first-order valence-electron chi connectivity index (χ1n) is 23.1. The third-order valence-corrected chi connectivity index (χ3v) is 14.2. The predicted molar refractivity (Wildman–Crippen MR) is 280 cm³/mol. The van der Waals surface area contributed by atoms with Gasteiger partial charge >= 0.3 is 0 Å². The van der Waals surface area contributed by atoms with Crippen molar-refractivity contribution in [2.24, 2.45) is 9.98 Å². The SMILES string of the molecule is CC1=C(c2ccc(-c3ccccc3)cc2)N=C(c2cccc3c2-c2ccccc2C3)N=C(c2cc(-n3c4ccccc4c4cc5ccccc5cc43)c3c(c2)oc2cc4ccccc4cc23)C1. The molecule has 314 valence electrons. The lowest BCUT2D eigenvalue weighted by molar-refractivity contribution is 0.669. The molecule has 12 aromatic rings. The molecule has 0 radical (unpaired) electrons. The van der Waals surface area contributed by atoms with E-state index in [4.69, 9.17) is 14.4 Å². The molecule has 0 amide bonds. The lowest BCUT2D eigenvalue weighted by atomic mass is 9.96. The number of furan rings is 1. The van der Waals surface area contributed by atoms with Crippen LogP contribution in [0.25, 0.3) is 98.9 Å². The van der Waals surface area contributed by atoms with Gasteiger partial charge in [-0.2, -0.15) is 0 Å². The minimum Gasteiger partial charge on any atom is -0.456 e. The van der Waals surface area contributed by atoms with Crippen LogP contribution in [0.2, 0.25) is 0 Å². The van der Waals surface area contributed by atoms with Crippen molar-refractivity contribution >= 4 is 82.5 Å². The molecule has 0 bridgehead atoms. The number of hydrogen-bond acceptors (Lipinski definition) is 3. The Balaban J connectivity index is 1.04. The Labute approximate surface area is 387 Å². The zero-order valence-electron chi connectivity index (χ0n) is 36.8. The van der Waals surface area contributed by atoms with E-state index in [1.165, 1.54) is 60.3 Å². The highest BCUT2D eigenvalue weighted by Crippen LogP contribution is 2.44. The summed E-state index contributed by atoms with van der Waals surface area (Å²) in [7, 11) is 0. The summed E-state index contributed by atoms with van der Waals surface area (Å²) < 4.78 is 9.48. The van der Waals surface area contributed by atoms with Crippen LogP contribution in [0.1, 0.15) is 41.2 Å². The van der Waals surface area contributed by atoms with Crippen LogP contribution in [0.4, 0.5) is 0 Å². The molecule has 67 heavy (non-hydrogen) atoms. The Morgan fingerprint density at radius 3 is 1.90 bits per heavy atom. The summed E-state index contributed by atoms with van der Waals surface area (Å²) in [6.07, 6.45) is 1.49. The van der Waals surface area contributed by atoms with Crippen molar-refractivity contribution < 1.29 is 4.42 Å². The summed E-state index contributed by atoms with van der Waals surface area (Å²) >= 11 is 0. The molecule has 4 nitrogen and oxygen atoms in total. The number of rotatable bonds is 5. The summed E-state index contributed by atoms with van der Waals surface area (Å²) in [5.41, 5.74) is 18.6. The van der Waals surface area contributed by atoms with Gasteiger partial charge in [-0.25, -0.2) is 9.98 Å². The van der Waals surface area contributed by atoms with Gasteiger partial charge in [-0.05, 0) is 116 Å². The molecule has 0 spiro atoms. The van der Waals surface area contributed by atoms with Crippen molar-refractivity contribution in [3.05, 3.63) is 240 Å². The molecule has 1 aliphatic heterocycles. The quantitative estimate of drug-likeness (QED) is 0.170. The summed E-state index contributed by atoms with van der Waals surface area (Å²) in [6.45, 7) is 2.22. The van der Waals surface area contributed by atoms with E-state index in [1.54, 1.807) is 0 Å². The van der Waals surface area contributed by atoms with Crippen molar-refractivity contribution in [1.29, 1.82) is 0 Å². The van der Waals surface area contributed by atoms with Crippen molar-refractivity contribution in [1.82, 2.24) is 4.57 Å². The Hall–Kier alpha value is -8.60. The maximum absolute atomic E-state index is 7.02. The number of para-hydroxylation sites is 1. The third kappa shape index (κ3) is 6.00. The van der Waals surface area contributed by atoms with Crippen LogP contribution in [0.5, 0.6) is 0 Å². The summed E-state index contributed by atoms with van der Waals surface area (Å²) in [5, 5.41) is 9.33. The molecule has 0 unspecified atom stereocenters. The molecule has 2 aromatic heterocycles. The summed E-state index contributed by atoms with van der Waals surface area (Å²) in [6, 6.07) is 74.6. The molecular formula is C63H41N3O. The van der Waals surface area contributed by atoms with Gasteiger partial charge in [0.25, 0.3) is 0 Å². The number of aromatic nitrogens is 1. The van der Waals surface area contributed by atoms with E-state index in [0.29, 0.717) is 12.3 Å². The van der Waals surface area contributed by atoms with E-state index in [9.17, 15) is 0 Å². The molecule has 3 heterocycles. The molecular weight excluding hydrogens is 815 g/mol. The van der Waals surface area contributed by atoms with Crippen LogP contribution < -0.4 is 0 Å². The number of allylic oxidation sites excluding steroid dienone is 1. The fraction of sp³-hybridized carbons (Fsp3) is 0.0476. The minimum atomic E-state index is 0.598. The summed E-state index contributed by atoms with van der Waals surface area (Å²) in [4.78, 5) is 11.3. The average Bonchev–Trinajstić information content (AvgIpc) is 4.00. The number of benzene rings is 10. The van der Waals surface area contributed by atoms with Crippen LogP contribution in [0, 0.1) is 0 Å². The molecule has 2 aliphatic rings. The van der Waals surface area contributed by atoms with Gasteiger partial charge in [0.15, 0.2) is 5.84 Å². The first-order valence-corrected chi connectivity index (χ1v) is 23.1. The minimum absolute atomic E-state index is 0.598. The second-order valence-electron chi connectivity index (χ2n) is 18.2. The maximum Gasteiger partial charge on any atom is 0.160 e. The van der Waals surface area contributed by atoms with Gasteiger partial charge in [0.2, 0.25) is 0 Å². The normalized spacial score (nSPS) is 13.7. The van der Waals surface area contributed by atoms with E-state index in [-0.39, 0.29) is 0 Å². The van der Waals surface area contributed by atoms with Crippen LogP contribution in [0.3, 0.4) is 0 Å². The second-order valence-corrected chi connectivity index (χ2v) is 18.2. The van der Waals surface area contributed by atoms with Crippen LogP contribution in [0.15, 0.2) is 226 Å². The monoisotopic (exact) mass is 855 g/mol. The van der Waals surface area contributed by atoms with Crippen molar-refractivity contribution in [2.75, 3.05) is 0 Å².